The van der Waals surface area contributed by atoms with Crippen molar-refractivity contribution in [1.82, 2.24) is 9.97 Å². The Hall–Kier alpha value is -1.66. The molecule has 96 valence electrons. The minimum atomic E-state index is -0.155. The number of hydrogen-bond donors (Lipinski definition) is 2. The predicted octanol–water partition coefficient (Wildman–Crippen LogP) is 3.95. The van der Waals surface area contributed by atoms with Crippen molar-refractivity contribution < 1.29 is 4.79 Å². The molecule has 0 aliphatic heterocycles. The average molecular weight is 336 g/mol. The molecule has 0 saturated carbocycles. The molecule has 0 radical (unpaired) electrons. The Labute approximate surface area is 122 Å². The summed E-state index contributed by atoms with van der Waals surface area (Å²) >= 11 is 4.82. The number of para-hydroxylation sites is 2. The molecule has 0 spiro atoms. The summed E-state index contributed by atoms with van der Waals surface area (Å²) in [5.41, 5.74) is 2.79. The van der Waals surface area contributed by atoms with Crippen LogP contribution in [0, 0.1) is 6.92 Å². The van der Waals surface area contributed by atoms with Crippen LogP contribution in [0.4, 0.5) is 5.95 Å². The van der Waals surface area contributed by atoms with Gasteiger partial charge in [-0.3, -0.25) is 10.1 Å². The van der Waals surface area contributed by atoms with Gasteiger partial charge in [-0.25, -0.2) is 4.98 Å². The molecule has 1 aromatic carbocycles. The molecule has 2 N–H and O–H groups in total. The molecule has 6 heteroatoms. The molecular formula is C13H10BrN3OS. The molecule has 2 aromatic heterocycles. The van der Waals surface area contributed by atoms with Gasteiger partial charge in [0.15, 0.2) is 0 Å². The predicted molar refractivity (Wildman–Crippen MR) is 80.8 cm³/mol. The quantitative estimate of drug-likeness (QED) is 0.744. The molecule has 0 aliphatic rings. The van der Waals surface area contributed by atoms with E-state index in [9.17, 15) is 4.79 Å². The minimum absolute atomic E-state index is 0.155. The van der Waals surface area contributed by atoms with E-state index in [0.717, 1.165) is 20.4 Å². The SMILES string of the molecule is Cc1cc(C(=O)Nc2nc3ccccc3[nH]2)sc1Br. The first kappa shape index (κ1) is 12.4. The van der Waals surface area contributed by atoms with Gasteiger partial charge in [-0.05, 0) is 46.6 Å². The summed E-state index contributed by atoms with van der Waals surface area (Å²) in [6.45, 7) is 1.96. The molecule has 2 heterocycles. The second kappa shape index (κ2) is 4.79. The molecule has 19 heavy (non-hydrogen) atoms. The lowest BCUT2D eigenvalue weighted by Gasteiger charge is -1.97. The van der Waals surface area contributed by atoms with Crippen LogP contribution >= 0.6 is 27.3 Å². The summed E-state index contributed by atoms with van der Waals surface area (Å²) in [4.78, 5) is 20.1. The molecule has 0 bridgehead atoms. The van der Waals surface area contributed by atoms with Gasteiger partial charge < -0.3 is 4.98 Å². The number of carbonyl (C=O) groups is 1. The Bertz CT molecular complexity index is 710. The summed E-state index contributed by atoms with van der Waals surface area (Å²) in [5.74, 6) is 0.311. The third-order valence-corrected chi connectivity index (χ3v) is 4.84. The van der Waals surface area contributed by atoms with Crippen LogP contribution in [0.3, 0.4) is 0 Å². The summed E-state index contributed by atoms with van der Waals surface area (Å²) in [7, 11) is 0. The smallest absolute Gasteiger partial charge is 0.268 e. The number of thiophene rings is 1. The van der Waals surface area contributed by atoms with E-state index in [1.165, 1.54) is 11.3 Å². The first-order chi connectivity index (χ1) is 9.13. The second-order valence-electron chi connectivity index (χ2n) is 4.12. The van der Waals surface area contributed by atoms with Gasteiger partial charge >= 0.3 is 0 Å². The average Bonchev–Trinajstić information content (AvgIpc) is 2.93. The van der Waals surface area contributed by atoms with Crippen LogP contribution in [0.2, 0.25) is 0 Å². The van der Waals surface area contributed by atoms with E-state index >= 15 is 0 Å². The number of aromatic nitrogens is 2. The van der Waals surface area contributed by atoms with Gasteiger partial charge in [0.05, 0.1) is 19.7 Å². The molecule has 0 fully saturated rings. The van der Waals surface area contributed by atoms with E-state index in [2.05, 4.69) is 31.2 Å². The number of amides is 1. The fourth-order valence-electron chi connectivity index (χ4n) is 1.75. The van der Waals surface area contributed by atoms with Gasteiger partial charge in [0.2, 0.25) is 5.95 Å². The first-order valence-corrected chi connectivity index (χ1v) is 7.26. The van der Waals surface area contributed by atoms with Crippen LogP contribution < -0.4 is 5.32 Å². The highest BCUT2D eigenvalue weighted by atomic mass is 79.9. The third-order valence-electron chi connectivity index (χ3n) is 2.70. The summed E-state index contributed by atoms with van der Waals surface area (Å²) in [6, 6.07) is 9.50. The van der Waals surface area contributed by atoms with Crippen molar-refractivity contribution in [2.24, 2.45) is 0 Å². The molecule has 3 aromatic rings. The number of imidazole rings is 1. The first-order valence-electron chi connectivity index (χ1n) is 5.65. The number of hydrogen-bond acceptors (Lipinski definition) is 3. The van der Waals surface area contributed by atoms with Crippen molar-refractivity contribution in [2.45, 2.75) is 6.92 Å². The Kier molecular flexibility index (Phi) is 3.12. The number of nitrogens with zero attached hydrogens (tertiary/aromatic N) is 1. The Balaban J connectivity index is 1.86. The number of benzene rings is 1. The normalized spacial score (nSPS) is 10.8. The van der Waals surface area contributed by atoms with E-state index in [4.69, 9.17) is 0 Å². The summed E-state index contributed by atoms with van der Waals surface area (Å²) < 4.78 is 0.974. The van der Waals surface area contributed by atoms with Crippen molar-refractivity contribution >= 4 is 50.2 Å². The van der Waals surface area contributed by atoms with E-state index in [1.807, 2.05) is 37.3 Å². The Morgan fingerprint density at radius 3 is 2.89 bits per heavy atom. The zero-order valence-corrected chi connectivity index (χ0v) is 12.4. The van der Waals surface area contributed by atoms with Crippen molar-refractivity contribution in [1.29, 1.82) is 0 Å². The van der Waals surface area contributed by atoms with E-state index in [-0.39, 0.29) is 5.91 Å². The van der Waals surface area contributed by atoms with Gasteiger partial charge in [-0.15, -0.1) is 11.3 Å². The van der Waals surface area contributed by atoms with Crippen LogP contribution in [0.15, 0.2) is 34.1 Å². The molecule has 3 rings (SSSR count). The van der Waals surface area contributed by atoms with E-state index in [0.29, 0.717) is 10.8 Å². The maximum Gasteiger partial charge on any atom is 0.268 e. The highest BCUT2D eigenvalue weighted by Gasteiger charge is 2.13. The second-order valence-corrected chi connectivity index (χ2v) is 6.49. The number of aromatic amines is 1. The number of aryl methyl sites for hydroxylation is 1. The van der Waals surface area contributed by atoms with Crippen LogP contribution in [0.5, 0.6) is 0 Å². The van der Waals surface area contributed by atoms with E-state index in [1.54, 1.807) is 0 Å². The molecule has 0 aliphatic carbocycles. The topological polar surface area (TPSA) is 57.8 Å². The molecular weight excluding hydrogens is 326 g/mol. The van der Waals surface area contributed by atoms with Crippen molar-refractivity contribution in [3.8, 4) is 0 Å². The highest BCUT2D eigenvalue weighted by Crippen LogP contribution is 2.27. The van der Waals surface area contributed by atoms with E-state index < -0.39 is 0 Å². The maximum absolute atomic E-state index is 12.1. The number of H-pyrrole nitrogens is 1. The summed E-state index contributed by atoms with van der Waals surface area (Å²) in [5, 5.41) is 2.77. The zero-order chi connectivity index (χ0) is 13.4. The molecule has 4 nitrogen and oxygen atoms in total. The zero-order valence-electron chi connectivity index (χ0n) is 10.0. The van der Waals surface area contributed by atoms with Gasteiger partial charge in [-0.2, -0.15) is 0 Å². The lowest BCUT2D eigenvalue weighted by Crippen LogP contribution is -2.11. The lowest BCUT2D eigenvalue weighted by molar-refractivity contribution is 0.103. The maximum atomic E-state index is 12.1. The molecule has 1 amide bonds. The van der Waals surface area contributed by atoms with Gasteiger partial charge in [0.1, 0.15) is 0 Å². The number of rotatable bonds is 2. The third kappa shape index (κ3) is 2.41. The molecule has 0 atom stereocenters. The highest BCUT2D eigenvalue weighted by molar-refractivity contribution is 9.11. The minimum Gasteiger partial charge on any atom is -0.324 e. The van der Waals surface area contributed by atoms with Crippen molar-refractivity contribution in [3.05, 3.63) is 44.6 Å². The number of halogens is 1. The van der Waals surface area contributed by atoms with Crippen LogP contribution in [0.1, 0.15) is 15.2 Å². The van der Waals surface area contributed by atoms with Crippen LogP contribution in [-0.2, 0) is 0 Å². The lowest BCUT2D eigenvalue weighted by atomic mass is 10.3. The van der Waals surface area contributed by atoms with Crippen LogP contribution in [0.25, 0.3) is 11.0 Å². The number of fused-ring (bicyclic) bond motifs is 1. The Morgan fingerprint density at radius 1 is 1.42 bits per heavy atom. The van der Waals surface area contributed by atoms with Gasteiger partial charge in [0.25, 0.3) is 5.91 Å². The number of carbonyl (C=O) groups excluding carboxylic acids is 1. The van der Waals surface area contributed by atoms with Crippen molar-refractivity contribution in [3.63, 3.8) is 0 Å². The fraction of sp³-hybridized carbons (Fsp3) is 0.0769. The molecule has 0 saturated heterocycles. The number of anilines is 1. The number of nitrogens with one attached hydrogen (secondary N) is 2. The summed E-state index contributed by atoms with van der Waals surface area (Å²) in [6.07, 6.45) is 0. The fourth-order valence-corrected chi connectivity index (χ4v) is 3.18. The van der Waals surface area contributed by atoms with Crippen LogP contribution in [-0.4, -0.2) is 15.9 Å². The Morgan fingerprint density at radius 2 is 2.21 bits per heavy atom. The molecule has 0 unspecified atom stereocenters. The van der Waals surface area contributed by atoms with Crippen molar-refractivity contribution in [2.75, 3.05) is 5.32 Å². The monoisotopic (exact) mass is 335 g/mol. The van der Waals surface area contributed by atoms with Gasteiger partial charge in [0, 0.05) is 0 Å². The standard InChI is InChI=1S/C13H10BrN3OS/c1-7-6-10(19-11(7)14)12(18)17-13-15-8-4-2-3-5-9(8)16-13/h2-6H,1H3,(H2,15,16,17,18). The largest absolute Gasteiger partial charge is 0.324 e. The van der Waals surface area contributed by atoms with Gasteiger partial charge in [-0.1, -0.05) is 12.1 Å².